The Hall–Kier alpha value is -2.08. The highest BCUT2D eigenvalue weighted by atomic mass is 35.5. The molecular weight excluding hydrogens is 290 g/mol. The van der Waals surface area contributed by atoms with Gasteiger partial charge in [0.25, 0.3) is 0 Å². The van der Waals surface area contributed by atoms with E-state index in [0.717, 1.165) is 12.8 Å². The molecule has 1 aliphatic rings. The van der Waals surface area contributed by atoms with Crippen molar-refractivity contribution in [2.75, 3.05) is 18.4 Å². The summed E-state index contributed by atoms with van der Waals surface area (Å²) in [7, 11) is 0. The molecule has 2 heterocycles. The molecule has 3 rings (SSSR count). The van der Waals surface area contributed by atoms with Gasteiger partial charge in [0.2, 0.25) is 0 Å². The average molecular weight is 306 g/mol. The topological polar surface area (TPSA) is 63.1 Å². The van der Waals surface area contributed by atoms with E-state index >= 15 is 0 Å². The van der Waals surface area contributed by atoms with E-state index < -0.39 is 0 Å². The quantitative estimate of drug-likeness (QED) is 0.928. The average Bonchev–Trinajstić information content (AvgIpc) is 3.04. The minimum absolute atomic E-state index is 0.111. The van der Waals surface area contributed by atoms with E-state index in [0.29, 0.717) is 29.8 Å². The number of likely N-dealkylation sites (tertiary alicyclic amines) is 1. The smallest absolute Gasteiger partial charge is 0.321 e. The van der Waals surface area contributed by atoms with Gasteiger partial charge < -0.3 is 10.2 Å². The number of halogens is 1. The number of piperidine rings is 1. The van der Waals surface area contributed by atoms with E-state index in [9.17, 15) is 4.79 Å². The van der Waals surface area contributed by atoms with Crippen LogP contribution in [-0.2, 0) is 0 Å². The number of carbonyl (C=O) groups is 1. The van der Waals surface area contributed by atoms with Crippen molar-refractivity contribution in [3.8, 4) is 0 Å². The number of carbonyl (C=O) groups excluding carboxylic acids is 1. The van der Waals surface area contributed by atoms with Crippen molar-refractivity contribution in [3.05, 3.63) is 41.7 Å². The molecule has 0 radical (unpaired) electrons. The van der Waals surface area contributed by atoms with Crippen molar-refractivity contribution in [3.63, 3.8) is 0 Å². The first kappa shape index (κ1) is 13.9. The molecule has 1 saturated heterocycles. The van der Waals surface area contributed by atoms with Crippen molar-refractivity contribution >= 4 is 23.3 Å². The Balaban J connectivity index is 1.57. The number of para-hydroxylation sites is 1. The number of aromatic nitrogens is 3. The van der Waals surface area contributed by atoms with Crippen LogP contribution >= 0.6 is 11.6 Å². The fourth-order valence-electron chi connectivity index (χ4n) is 2.50. The lowest BCUT2D eigenvalue weighted by Gasteiger charge is -2.31. The summed E-state index contributed by atoms with van der Waals surface area (Å²) < 4.78 is 1.86. The Labute approximate surface area is 127 Å². The van der Waals surface area contributed by atoms with Crippen LogP contribution in [0.1, 0.15) is 18.9 Å². The number of rotatable bonds is 2. The molecule has 2 aromatic rings. The zero-order chi connectivity index (χ0) is 14.7. The van der Waals surface area contributed by atoms with Crippen LogP contribution < -0.4 is 5.32 Å². The van der Waals surface area contributed by atoms with E-state index in [4.69, 9.17) is 11.6 Å². The Kier molecular flexibility index (Phi) is 4.06. The van der Waals surface area contributed by atoms with Gasteiger partial charge in [-0.25, -0.2) is 9.48 Å². The molecule has 1 N–H and O–H groups in total. The Bertz CT molecular complexity index is 608. The number of anilines is 1. The maximum atomic E-state index is 12.2. The zero-order valence-corrected chi connectivity index (χ0v) is 12.2. The van der Waals surface area contributed by atoms with Crippen LogP contribution in [0.5, 0.6) is 0 Å². The highest BCUT2D eigenvalue weighted by Crippen LogP contribution is 2.24. The second kappa shape index (κ2) is 6.13. The van der Waals surface area contributed by atoms with E-state index in [1.54, 1.807) is 23.2 Å². The third-order valence-corrected chi connectivity index (χ3v) is 4.01. The summed E-state index contributed by atoms with van der Waals surface area (Å²) in [5, 5.41) is 11.2. The van der Waals surface area contributed by atoms with Gasteiger partial charge in [-0.2, -0.15) is 0 Å². The first-order chi connectivity index (χ1) is 10.2. The third-order valence-electron chi connectivity index (χ3n) is 3.68. The number of hydrogen-bond donors (Lipinski definition) is 1. The molecule has 1 aliphatic heterocycles. The van der Waals surface area contributed by atoms with Gasteiger partial charge in [0, 0.05) is 19.3 Å². The molecule has 1 fully saturated rings. The van der Waals surface area contributed by atoms with Gasteiger partial charge in [0.1, 0.15) is 0 Å². The highest BCUT2D eigenvalue weighted by molar-refractivity contribution is 6.33. The standard InChI is InChI=1S/C14H16ClN5O/c15-12-3-1-2-4-13(12)17-14(21)19-8-5-11(6-9-19)20-10-7-16-18-20/h1-4,7,10-11H,5-6,8-9H2,(H,17,21). The van der Waals surface area contributed by atoms with Crippen LogP contribution in [-0.4, -0.2) is 39.0 Å². The number of amides is 2. The predicted molar refractivity (Wildman–Crippen MR) is 80.3 cm³/mol. The Morgan fingerprint density at radius 1 is 1.29 bits per heavy atom. The fourth-order valence-corrected chi connectivity index (χ4v) is 2.69. The van der Waals surface area contributed by atoms with E-state index in [1.165, 1.54) is 0 Å². The second-order valence-corrected chi connectivity index (χ2v) is 5.42. The van der Waals surface area contributed by atoms with Gasteiger partial charge >= 0.3 is 6.03 Å². The maximum absolute atomic E-state index is 12.2. The van der Waals surface area contributed by atoms with E-state index in [2.05, 4.69) is 15.6 Å². The lowest BCUT2D eigenvalue weighted by Crippen LogP contribution is -2.41. The van der Waals surface area contributed by atoms with Gasteiger partial charge in [-0.1, -0.05) is 28.9 Å². The molecular formula is C14H16ClN5O. The van der Waals surface area contributed by atoms with Crippen molar-refractivity contribution in [2.24, 2.45) is 0 Å². The van der Waals surface area contributed by atoms with Crippen molar-refractivity contribution in [1.82, 2.24) is 19.9 Å². The molecule has 0 aliphatic carbocycles. The lowest BCUT2D eigenvalue weighted by atomic mass is 10.1. The molecule has 7 heteroatoms. The summed E-state index contributed by atoms with van der Waals surface area (Å²) in [4.78, 5) is 14.0. The molecule has 0 spiro atoms. The molecule has 0 saturated carbocycles. The third kappa shape index (κ3) is 3.16. The lowest BCUT2D eigenvalue weighted by molar-refractivity contribution is 0.179. The normalized spacial score (nSPS) is 16.0. The summed E-state index contributed by atoms with van der Waals surface area (Å²) in [6, 6.07) is 7.44. The molecule has 1 aromatic heterocycles. The summed E-state index contributed by atoms with van der Waals surface area (Å²) in [6.45, 7) is 1.39. The van der Waals surface area contributed by atoms with Crippen molar-refractivity contribution in [2.45, 2.75) is 18.9 Å². The van der Waals surface area contributed by atoms with Gasteiger partial charge in [-0.05, 0) is 25.0 Å². The minimum Gasteiger partial charge on any atom is -0.324 e. The molecule has 0 atom stereocenters. The molecule has 0 unspecified atom stereocenters. The van der Waals surface area contributed by atoms with Gasteiger partial charge in [-0.3, -0.25) is 0 Å². The van der Waals surface area contributed by atoms with Crippen LogP contribution in [0.2, 0.25) is 5.02 Å². The van der Waals surface area contributed by atoms with E-state index in [-0.39, 0.29) is 6.03 Å². The SMILES string of the molecule is O=C(Nc1ccccc1Cl)N1CCC(n2ccnn2)CC1. The van der Waals surface area contributed by atoms with Crippen LogP contribution in [0.3, 0.4) is 0 Å². The maximum Gasteiger partial charge on any atom is 0.321 e. The molecule has 6 nitrogen and oxygen atoms in total. The fraction of sp³-hybridized carbons (Fsp3) is 0.357. The van der Waals surface area contributed by atoms with Gasteiger partial charge in [0.05, 0.1) is 22.9 Å². The number of nitrogens with zero attached hydrogens (tertiary/aromatic N) is 4. The number of hydrogen-bond acceptors (Lipinski definition) is 3. The van der Waals surface area contributed by atoms with Crippen LogP contribution in [0.4, 0.5) is 10.5 Å². The van der Waals surface area contributed by atoms with E-state index in [1.807, 2.05) is 23.0 Å². The molecule has 2 amide bonds. The number of urea groups is 1. The molecule has 1 aromatic carbocycles. The highest BCUT2D eigenvalue weighted by Gasteiger charge is 2.24. The summed E-state index contributed by atoms with van der Waals surface area (Å²) in [5.74, 6) is 0. The van der Waals surface area contributed by atoms with Crippen molar-refractivity contribution < 1.29 is 4.79 Å². The number of benzene rings is 1. The molecule has 0 bridgehead atoms. The summed E-state index contributed by atoms with van der Waals surface area (Å²) in [6.07, 6.45) is 5.29. The van der Waals surface area contributed by atoms with Gasteiger partial charge in [-0.15, -0.1) is 5.10 Å². The van der Waals surface area contributed by atoms with Crippen LogP contribution in [0, 0.1) is 0 Å². The van der Waals surface area contributed by atoms with Crippen LogP contribution in [0.25, 0.3) is 0 Å². The van der Waals surface area contributed by atoms with Crippen molar-refractivity contribution in [1.29, 1.82) is 0 Å². The summed E-state index contributed by atoms with van der Waals surface area (Å²) >= 11 is 6.05. The Morgan fingerprint density at radius 3 is 2.71 bits per heavy atom. The Morgan fingerprint density at radius 2 is 2.05 bits per heavy atom. The molecule has 21 heavy (non-hydrogen) atoms. The second-order valence-electron chi connectivity index (χ2n) is 5.01. The largest absolute Gasteiger partial charge is 0.324 e. The minimum atomic E-state index is -0.111. The number of nitrogens with one attached hydrogen (secondary N) is 1. The monoisotopic (exact) mass is 305 g/mol. The molecule has 110 valence electrons. The first-order valence-corrected chi connectivity index (χ1v) is 7.28. The zero-order valence-electron chi connectivity index (χ0n) is 11.4. The van der Waals surface area contributed by atoms with Crippen LogP contribution in [0.15, 0.2) is 36.7 Å². The predicted octanol–water partition coefficient (Wildman–Crippen LogP) is 2.80. The first-order valence-electron chi connectivity index (χ1n) is 6.90. The summed E-state index contributed by atoms with van der Waals surface area (Å²) in [5.41, 5.74) is 0.641. The van der Waals surface area contributed by atoms with Gasteiger partial charge in [0.15, 0.2) is 0 Å².